The van der Waals surface area contributed by atoms with Crippen LogP contribution in [0.4, 0.5) is 0 Å². The Labute approximate surface area is 197 Å². The van der Waals surface area contributed by atoms with Crippen LogP contribution < -0.4 is 4.74 Å². The van der Waals surface area contributed by atoms with E-state index < -0.39 is 36.5 Å². The van der Waals surface area contributed by atoms with Gasteiger partial charge in [0.15, 0.2) is 0 Å². The molecule has 0 aliphatic carbocycles. The molecule has 0 aromatic heterocycles. The van der Waals surface area contributed by atoms with Gasteiger partial charge in [-0.05, 0) is 48.2 Å². The minimum absolute atomic E-state index is 0.247. The van der Waals surface area contributed by atoms with E-state index in [9.17, 15) is 20.1 Å². The number of aliphatic hydroxyl groups is 3. The molecule has 2 aromatic rings. The number of rotatable bonds is 9. The number of aliphatic hydroxyl groups excluding tert-OH is 3. The van der Waals surface area contributed by atoms with Gasteiger partial charge in [0.2, 0.25) is 0 Å². The molecule has 0 radical (unpaired) electrons. The smallest absolute Gasteiger partial charge is 0.332 e. The van der Waals surface area contributed by atoms with Gasteiger partial charge in [0.25, 0.3) is 0 Å². The zero-order valence-corrected chi connectivity index (χ0v) is 19.3. The Morgan fingerprint density at radius 3 is 2.45 bits per heavy atom. The molecule has 9 heteroatoms. The second-order valence-electron chi connectivity index (χ2n) is 7.79. The zero-order chi connectivity index (χ0) is 24.0. The fraction of sp³-hybridized carbons (Fsp3) is 0.458. The van der Waals surface area contributed by atoms with Crippen molar-refractivity contribution in [1.29, 1.82) is 0 Å². The highest BCUT2D eigenvalue weighted by molar-refractivity contribution is 6.31. The molecule has 1 aliphatic heterocycles. The second kappa shape index (κ2) is 11.8. The van der Waals surface area contributed by atoms with Crippen LogP contribution >= 0.6 is 11.6 Å². The Morgan fingerprint density at radius 2 is 1.79 bits per heavy atom. The first kappa shape index (κ1) is 25.4. The van der Waals surface area contributed by atoms with E-state index >= 15 is 0 Å². The molecule has 0 unspecified atom stereocenters. The summed E-state index contributed by atoms with van der Waals surface area (Å²) in [6.07, 6.45) is -5.75. The van der Waals surface area contributed by atoms with Crippen molar-refractivity contribution in [2.45, 2.75) is 43.9 Å². The third-order valence-electron chi connectivity index (χ3n) is 5.41. The maximum absolute atomic E-state index is 11.6. The first-order valence-electron chi connectivity index (χ1n) is 10.7. The van der Waals surface area contributed by atoms with Crippen LogP contribution in [0.3, 0.4) is 0 Å². The molecule has 180 valence electrons. The van der Waals surface area contributed by atoms with Crippen molar-refractivity contribution >= 4 is 17.6 Å². The number of halogens is 1. The summed E-state index contributed by atoms with van der Waals surface area (Å²) in [6, 6.07) is 12.9. The van der Waals surface area contributed by atoms with Gasteiger partial charge in [-0.2, -0.15) is 0 Å². The summed E-state index contributed by atoms with van der Waals surface area (Å²) in [5.74, 6) is 0.152. The average Bonchev–Trinajstić information content (AvgIpc) is 2.80. The topological polar surface area (TPSA) is 115 Å². The highest BCUT2D eigenvalue weighted by Crippen LogP contribution is 2.34. The molecule has 1 saturated heterocycles. The van der Waals surface area contributed by atoms with Gasteiger partial charge >= 0.3 is 5.97 Å². The van der Waals surface area contributed by atoms with E-state index in [0.717, 1.165) is 16.9 Å². The van der Waals surface area contributed by atoms with Crippen LogP contribution in [0.5, 0.6) is 5.75 Å². The lowest BCUT2D eigenvalue weighted by molar-refractivity contribution is -0.234. The summed E-state index contributed by atoms with van der Waals surface area (Å²) >= 11 is 6.41. The number of ether oxygens (including phenoxy) is 4. The molecule has 3 rings (SSSR count). The van der Waals surface area contributed by atoms with E-state index in [-0.39, 0.29) is 13.2 Å². The van der Waals surface area contributed by atoms with Gasteiger partial charge in [0, 0.05) is 12.1 Å². The highest BCUT2D eigenvalue weighted by atomic mass is 35.5. The summed E-state index contributed by atoms with van der Waals surface area (Å²) in [5.41, 5.74) is 2.39. The molecular formula is C24H29ClO8. The molecule has 1 aliphatic rings. The number of methoxy groups -OCH3 is 1. The minimum atomic E-state index is -1.49. The Hall–Kier alpha value is -2.20. The standard InChI is InChI=1S/C24H29ClO8/c1-3-31-17-7-4-14(5-8-17)10-16-11-15(6-9-18(16)25)24-23(29)22(28)21(27)19(33-24)12-32-20(26)13-30-2/h4-9,11,19,21-24,27-29H,3,10,12-13H2,1-2H3/t19-,21-,22+,23-,24+/m1/s1. The normalized spacial score (nSPS) is 25.0. The maximum Gasteiger partial charge on any atom is 0.332 e. The predicted molar refractivity (Wildman–Crippen MR) is 120 cm³/mol. The van der Waals surface area contributed by atoms with Gasteiger partial charge in [-0.3, -0.25) is 0 Å². The molecule has 33 heavy (non-hydrogen) atoms. The summed E-state index contributed by atoms with van der Waals surface area (Å²) in [7, 11) is 1.36. The Morgan fingerprint density at radius 1 is 1.06 bits per heavy atom. The largest absolute Gasteiger partial charge is 0.494 e. The molecule has 5 atom stereocenters. The van der Waals surface area contributed by atoms with Crippen molar-refractivity contribution in [3.63, 3.8) is 0 Å². The van der Waals surface area contributed by atoms with E-state index in [1.54, 1.807) is 18.2 Å². The van der Waals surface area contributed by atoms with Crippen LogP contribution in [0, 0.1) is 0 Å². The molecule has 1 heterocycles. The first-order valence-corrected chi connectivity index (χ1v) is 11.1. The molecule has 2 aromatic carbocycles. The van der Waals surface area contributed by atoms with Crippen molar-refractivity contribution in [2.24, 2.45) is 0 Å². The molecule has 8 nitrogen and oxygen atoms in total. The van der Waals surface area contributed by atoms with Crippen LogP contribution in [0.2, 0.25) is 5.02 Å². The van der Waals surface area contributed by atoms with Crippen molar-refractivity contribution in [2.75, 3.05) is 26.9 Å². The highest BCUT2D eigenvalue weighted by Gasteiger charge is 2.44. The molecule has 0 saturated carbocycles. The van der Waals surface area contributed by atoms with Crippen molar-refractivity contribution < 1.29 is 39.1 Å². The van der Waals surface area contributed by atoms with Crippen molar-refractivity contribution in [1.82, 2.24) is 0 Å². The third kappa shape index (κ3) is 6.44. The van der Waals surface area contributed by atoms with Gasteiger partial charge in [0.05, 0.1) is 6.61 Å². The van der Waals surface area contributed by atoms with Gasteiger partial charge in [0.1, 0.15) is 49.5 Å². The SMILES string of the molecule is CCOc1ccc(Cc2cc([C@@H]3O[C@H](COC(=O)COC)[C@@H](O)[C@H](O)[C@H]3O)ccc2Cl)cc1. The number of hydrogen-bond acceptors (Lipinski definition) is 8. The molecule has 0 spiro atoms. The Bertz CT molecular complexity index is 919. The summed E-state index contributed by atoms with van der Waals surface area (Å²) in [6.45, 7) is 1.97. The van der Waals surface area contributed by atoms with E-state index in [1.807, 2.05) is 31.2 Å². The quantitative estimate of drug-likeness (QED) is 0.467. The number of carbonyl (C=O) groups excluding carboxylic acids is 1. The summed E-state index contributed by atoms with van der Waals surface area (Å²) in [4.78, 5) is 11.6. The van der Waals surface area contributed by atoms with Crippen LogP contribution in [-0.4, -0.2) is 72.6 Å². The molecule has 3 N–H and O–H groups in total. The van der Waals surface area contributed by atoms with Gasteiger partial charge in [-0.15, -0.1) is 0 Å². The van der Waals surface area contributed by atoms with Gasteiger partial charge < -0.3 is 34.3 Å². The van der Waals surface area contributed by atoms with Gasteiger partial charge in [-0.1, -0.05) is 35.9 Å². The number of esters is 1. The molecule has 1 fully saturated rings. The summed E-state index contributed by atoms with van der Waals surface area (Å²) in [5, 5.41) is 31.8. The van der Waals surface area contributed by atoms with E-state index in [4.69, 9.17) is 30.5 Å². The minimum Gasteiger partial charge on any atom is -0.494 e. The van der Waals surface area contributed by atoms with Crippen LogP contribution in [0.1, 0.15) is 29.7 Å². The lowest BCUT2D eigenvalue weighted by atomic mass is 9.90. The zero-order valence-electron chi connectivity index (χ0n) is 18.5. The number of hydrogen-bond donors (Lipinski definition) is 3. The molecule has 0 amide bonds. The Balaban J connectivity index is 1.77. The summed E-state index contributed by atoms with van der Waals surface area (Å²) < 4.78 is 21.1. The van der Waals surface area contributed by atoms with Crippen molar-refractivity contribution in [3.05, 3.63) is 64.2 Å². The van der Waals surface area contributed by atoms with Crippen molar-refractivity contribution in [3.8, 4) is 5.75 Å². The van der Waals surface area contributed by atoms with Gasteiger partial charge in [-0.25, -0.2) is 4.79 Å². The van der Waals surface area contributed by atoms with E-state index in [0.29, 0.717) is 23.6 Å². The average molecular weight is 481 g/mol. The number of benzene rings is 2. The number of carbonyl (C=O) groups is 1. The predicted octanol–water partition coefficient (Wildman–Crippen LogP) is 2.04. The van der Waals surface area contributed by atoms with E-state index in [1.165, 1.54) is 7.11 Å². The van der Waals surface area contributed by atoms with Crippen LogP contribution in [0.15, 0.2) is 42.5 Å². The fourth-order valence-electron chi connectivity index (χ4n) is 3.70. The molecular weight excluding hydrogens is 452 g/mol. The van der Waals surface area contributed by atoms with E-state index in [2.05, 4.69) is 0 Å². The third-order valence-corrected chi connectivity index (χ3v) is 5.78. The fourth-order valence-corrected chi connectivity index (χ4v) is 3.88. The monoisotopic (exact) mass is 480 g/mol. The Kier molecular flexibility index (Phi) is 9.08. The lowest BCUT2D eigenvalue weighted by Crippen LogP contribution is -2.55. The van der Waals surface area contributed by atoms with Crippen LogP contribution in [0.25, 0.3) is 0 Å². The molecule has 0 bridgehead atoms. The second-order valence-corrected chi connectivity index (χ2v) is 8.19. The maximum atomic E-state index is 11.6. The lowest BCUT2D eigenvalue weighted by Gasteiger charge is -2.40. The first-order chi connectivity index (χ1) is 15.8. The van der Waals surface area contributed by atoms with Crippen LogP contribution in [-0.2, 0) is 25.4 Å².